The molecule has 0 aliphatic rings. The van der Waals surface area contributed by atoms with Crippen molar-refractivity contribution in [3.8, 4) is 11.5 Å². The number of amides is 1. The van der Waals surface area contributed by atoms with Gasteiger partial charge in [0.15, 0.2) is 0 Å². The Morgan fingerprint density at radius 1 is 1.14 bits per heavy atom. The van der Waals surface area contributed by atoms with Crippen molar-refractivity contribution in [3.05, 3.63) is 57.7 Å². The van der Waals surface area contributed by atoms with Crippen molar-refractivity contribution in [1.82, 2.24) is 0 Å². The summed E-state index contributed by atoms with van der Waals surface area (Å²) in [4.78, 5) is 12.0. The molecule has 0 heterocycles. The van der Waals surface area contributed by atoms with Crippen LogP contribution in [-0.2, 0) is 4.79 Å². The molecule has 0 bridgehead atoms. The Balaban J connectivity index is 2.09. The Bertz CT molecular complexity index is 698. The van der Waals surface area contributed by atoms with Crippen molar-refractivity contribution in [3.63, 3.8) is 0 Å². The number of nitrogens with one attached hydrogen (secondary N) is 1. The maximum atomic E-state index is 12.0. The molecule has 0 aliphatic carbocycles. The molecule has 0 radical (unpaired) electrons. The fraction of sp³-hybridized carbons (Fsp3) is 0.118. The molecule has 114 valence electrons. The van der Waals surface area contributed by atoms with Gasteiger partial charge in [-0.3, -0.25) is 4.79 Å². The van der Waals surface area contributed by atoms with Gasteiger partial charge in [-0.1, -0.05) is 6.07 Å². The van der Waals surface area contributed by atoms with Gasteiger partial charge in [-0.15, -0.1) is 0 Å². The highest BCUT2D eigenvalue weighted by atomic mass is 127. The third-order valence-corrected chi connectivity index (χ3v) is 3.62. The maximum absolute atomic E-state index is 12.0. The van der Waals surface area contributed by atoms with Gasteiger partial charge in [0, 0.05) is 27.0 Å². The van der Waals surface area contributed by atoms with Gasteiger partial charge in [-0.2, -0.15) is 0 Å². The fourth-order valence-electron chi connectivity index (χ4n) is 1.87. The minimum Gasteiger partial charge on any atom is -0.497 e. The Morgan fingerprint density at radius 2 is 1.95 bits per heavy atom. The smallest absolute Gasteiger partial charge is 0.248 e. The van der Waals surface area contributed by atoms with Crippen molar-refractivity contribution in [2.24, 2.45) is 0 Å². The minimum atomic E-state index is -0.195. The number of carbonyl (C=O) groups excluding carboxylic acids is 1. The number of carbonyl (C=O) groups is 1. The molecule has 2 aromatic carbocycles. The summed E-state index contributed by atoms with van der Waals surface area (Å²) in [6.45, 7) is 0. The Labute approximate surface area is 143 Å². The average Bonchev–Trinajstić information content (AvgIpc) is 2.52. The zero-order chi connectivity index (χ0) is 15.9. The number of benzene rings is 2. The molecule has 2 aromatic rings. The number of hydrogen-bond acceptors (Lipinski definition) is 3. The number of rotatable bonds is 5. The molecule has 0 saturated carbocycles. The molecule has 2 rings (SSSR count). The Kier molecular flexibility index (Phi) is 5.83. The van der Waals surface area contributed by atoms with Crippen LogP contribution in [0.15, 0.2) is 48.5 Å². The monoisotopic (exact) mass is 409 g/mol. The number of hydrogen-bond donors (Lipinski definition) is 1. The summed E-state index contributed by atoms with van der Waals surface area (Å²) in [5, 5.41) is 2.82. The molecule has 5 heteroatoms. The lowest BCUT2D eigenvalue weighted by atomic mass is 10.1. The maximum Gasteiger partial charge on any atom is 0.248 e. The summed E-state index contributed by atoms with van der Waals surface area (Å²) < 4.78 is 11.5. The van der Waals surface area contributed by atoms with Gasteiger partial charge in [-0.25, -0.2) is 0 Å². The van der Waals surface area contributed by atoms with Crippen LogP contribution in [0, 0.1) is 3.57 Å². The minimum absolute atomic E-state index is 0.195. The molecule has 1 N–H and O–H groups in total. The van der Waals surface area contributed by atoms with Crippen molar-refractivity contribution in [1.29, 1.82) is 0 Å². The van der Waals surface area contributed by atoms with Crippen molar-refractivity contribution in [2.75, 3.05) is 19.5 Å². The molecular formula is C17H16INO3. The average molecular weight is 409 g/mol. The molecule has 22 heavy (non-hydrogen) atoms. The fourth-order valence-corrected chi connectivity index (χ4v) is 2.41. The van der Waals surface area contributed by atoms with E-state index in [1.807, 2.05) is 36.4 Å². The van der Waals surface area contributed by atoms with Crippen LogP contribution in [0.2, 0.25) is 0 Å². The quantitative estimate of drug-likeness (QED) is 0.601. The lowest BCUT2D eigenvalue weighted by molar-refractivity contribution is -0.111. The van der Waals surface area contributed by atoms with Gasteiger partial charge < -0.3 is 14.8 Å². The zero-order valence-electron chi connectivity index (χ0n) is 12.3. The van der Waals surface area contributed by atoms with E-state index < -0.39 is 0 Å². The van der Waals surface area contributed by atoms with E-state index in [2.05, 4.69) is 27.9 Å². The van der Waals surface area contributed by atoms with E-state index in [1.54, 1.807) is 26.4 Å². The van der Waals surface area contributed by atoms with Gasteiger partial charge in [0.25, 0.3) is 0 Å². The van der Waals surface area contributed by atoms with Crippen molar-refractivity contribution >= 4 is 40.3 Å². The first-order chi connectivity index (χ1) is 10.6. The lowest BCUT2D eigenvalue weighted by Gasteiger charge is -2.07. The first-order valence-corrected chi connectivity index (χ1v) is 7.67. The zero-order valence-corrected chi connectivity index (χ0v) is 14.5. The second-order valence-electron chi connectivity index (χ2n) is 4.44. The lowest BCUT2D eigenvalue weighted by Crippen LogP contribution is -2.07. The second kappa shape index (κ2) is 7.84. The first kappa shape index (κ1) is 16.4. The van der Waals surface area contributed by atoms with Crippen LogP contribution >= 0.6 is 22.6 Å². The van der Waals surface area contributed by atoms with E-state index in [9.17, 15) is 4.79 Å². The number of anilines is 1. The molecule has 0 atom stereocenters. The van der Waals surface area contributed by atoms with Crippen molar-refractivity contribution < 1.29 is 14.3 Å². The van der Waals surface area contributed by atoms with E-state index in [0.717, 1.165) is 14.8 Å². The summed E-state index contributed by atoms with van der Waals surface area (Å²) in [6.07, 6.45) is 3.19. The molecule has 0 spiro atoms. The summed E-state index contributed by atoms with van der Waals surface area (Å²) in [6, 6.07) is 13.0. The topological polar surface area (TPSA) is 47.6 Å². The molecule has 1 amide bonds. The van der Waals surface area contributed by atoms with Crippen LogP contribution in [0.4, 0.5) is 5.69 Å². The molecule has 0 fully saturated rings. The molecular weight excluding hydrogens is 393 g/mol. The van der Waals surface area contributed by atoms with E-state index in [-0.39, 0.29) is 5.91 Å². The van der Waals surface area contributed by atoms with Crippen LogP contribution in [0.3, 0.4) is 0 Å². The number of halogens is 1. The normalized spacial score (nSPS) is 10.5. The highest BCUT2D eigenvalue weighted by Gasteiger charge is 2.03. The molecule has 0 saturated heterocycles. The number of ether oxygens (including phenoxy) is 2. The Morgan fingerprint density at radius 3 is 2.64 bits per heavy atom. The molecule has 0 aromatic heterocycles. The van der Waals surface area contributed by atoms with Gasteiger partial charge >= 0.3 is 0 Å². The summed E-state index contributed by atoms with van der Waals surface area (Å²) >= 11 is 2.20. The third kappa shape index (κ3) is 4.49. The van der Waals surface area contributed by atoms with Gasteiger partial charge in [0.05, 0.1) is 14.2 Å². The summed E-state index contributed by atoms with van der Waals surface area (Å²) in [5.74, 6) is 1.16. The molecule has 0 aliphatic heterocycles. The highest BCUT2D eigenvalue weighted by molar-refractivity contribution is 14.1. The van der Waals surface area contributed by atoms with Crippen LogP contribution in [0.1, 0.15) is 5.56 Å². The van der Waals surface area contributed by atoms with Crippen LogP contribution in [-0.4, -0.2) is 20.1 Å². The summed E-state index contributed by atoms with van der Waals surface area (Å²) in [5.41, 5.74) is 1.57. The van der Waals surface area contributed by atoms with E-state index in [1.165, 1.54) is 6.08 Å². The van der Waals surface area contributed by atoms with Gasteiger partial charge in [0.1, 0.15) is 11.5 Å². The standard InChI is InChI=1S/C17H16INO3/c1-21-15-8-6-12(16(11-15)22-2)7-9-17(20)19-14-5-3-4-13(18)10-14/h3-11H,1-2H3,(H,19,20)/b9-7+. The van der Waals surface area contributed by atoms with Gasteiger partial charge in [0.2, 0.25) is 5.91 Å². The van der Waals surface area contributed by atoms with Crippen LogP contribution in [0.25, 0.3) is 6.08 Å². The molecule has 4 nitrogen and oxygen atoms in total. The highest BCUT2D eigenvalue weighted by Crippen LogP contribution is 2.25. The van der Waals surface area contributed by atoms with Gasteiger partial charge in [-0.05, 0) is 59.0 Å². The van der Waals surface area contributed by atoms with Crippen molar-refractivity contribution in [2.45, 2.75) is 0 Å². The van der Waals surface area contributed by atoms with E-state index >= 15 is 0 Å². The predicted octanol–water partition coefficient (Wildman–Crippen LogP) is 3.96. The second-order valence-corrected chi connectivity index (χ2v) is 5.69. The summed E-state index contributed by atoms with van der Waals surface area (Å²) in [7, 11) is 3.18. The first-order valence-electron chi connectivity index (χ1n) is 6.59. The predicted molar refractivity (Wildman–Crippen MR) is 96.4 cm³/mol. The Hall–Kier alpha value is -2.02. The third-order valence-electron chi connectivity index (χ3n) is 2.95. The number of methoxy groups -OCH3 is 2. The van der Waals surface area contributed by atoms with E-state index in [0.29, 0.717) is 11.5 Å². The van der Waals surface area contributed by atoms with Crippen LogP contribution in [0.5, 0.6) is 11.5 Å². The van der Waals surface area contributed by atoms with Crippen LogP contribution < -0.4 is 14.8 Å². The molecule has 0 unspecified atom stereocenters. The van der Waals surface area contributed by atoms with E-state index in [4.69, 9.17) is 9.47 Å². The largest absolute Gasteiger partial charge is 0.497 e. The SMILES string of the molecule is COc1ccc(/C=C/C(=O)Nc2cccc(I)c2)c(OC)c1.